The second kappa shape index (κ2) is 9.63. The van der Waals surface area contributed by atoms with E-state index in [0.717, 1.165) is 50.8 Å². The third-order valence-electron chi connectivity index (χ3n) is 5.93. The lowest BCUT2D eigenvalue weighted by Gasteiger charge is -2.35. The average molecular weight is 414 g/mol. The summed E-state index contributed by atoms with van der Waals surface area (Å²) in [5.41, 5.74) is 1.08. The maximum absolute atomic E-state index is 13.4. The minimum Gasteiger partial charge on any atom is -0.378 e. The zero-order chi connectivity index (χ0) is 20.1. The van der Waals surface area contributed by atoms with Crippen LogP contribution in [0.25, 0.3) is 0 Å². The van der Waals surface area contributed by atoms with Crippen molar-refractivity contribution in [2.45, 2.75) is 50.2 Å². The van der Waals surface area contributed by atoms with Gasteiger partial charge in [0.2, 0.25) is 0 Å². The summed E-state index contributed by atoms with van der Waals surface area (Å²) >= 11 is 0. The van der Waals surface area contributed by atoms with E-state index in [1.165, 1.54) is 24.5 Å². The van der Waals surface area contributed by atoms with Gasteiger partial charge >= 0.3 is 0 Å². The highest BCUT2D eigenvalue weighted by Gasteiger charge is 2.31. The maximum atomic E-state index is 13.4. The van der Waals surface area contributed by atoms with Crippen molar-refractivity contribution in [2.75, 3.05) is 33.8 Å². The van der Waals surface area contributed by atoms with Crippen LogP contribution in [-0.4, -0.2) is 58.7 Å². The Bertz CT molecular complexity index is 736. The molecular weight excluding hydrogens is 381 g/mol. The largest absolute Gasteiger partial charge is 0.378 e. The first-order chi connectivity index (χ1) is 13.3. The highest BCUT2D eigenvalue weighted by atomic mass is 32.2. The fraction of sp³-hybridized carbons (Fsp3) is 0.700. The molecule has 8 heteroatoms. The van der Waals surface area contributed by atoms with Gasteiger partial charge in [-0.2, -0.15) is 17.4 Å². The molecule has 1 aliphatic heterocycles. The van der Waals surface area contributed by atoms with Gasteiger partial charge in [-0.3, -0.25) is 0 Å². The zero-order valence-electron chi connectivity index (χ0n) is 16.7. The Balaban J connectivity index is 1.48. The molecule has 1 saturated carbocycles. The minimum atomic E-state index is -3.45. The molecule has 158 valence electrons. The summed E-state index contributed by atoms with van der Waals surface area (Å²) in [6.07, 6.45) is 4.84. The second-order valence-electron chi connectivity index (χ2n) is 8.13. The molecule has 3 rings (SSSR count). The Kier molecular flexibility index (Phi) is 7.44. The highest BCUT2D eigenvalue weighted by Crippen LogP contribution is 2.34. The number of ether oxygens (including phenoxy) is 1. The quantitative estimate of drug-likeness (QED) is 0.719. The van der Waals surface area contributed by atoms with Gasteiger partial charge in [0, 0.05) is 32.6 Å². The molecule has 1 saturated heterocycles. The van der Waals surface area contributed by atoms with Crippen molar-refractivity contribution in [3.63, 3.8) is 0 Å². The molecule has 2 unspecified atom stereocenters. The number of benzene rings is 1. The number of piperidine rings is 1. The first-order valence-electron chi connectivity index (χ1n) is 10.1. The normalized spacial score (nSPS) is 29.1. The van der Waals surface area contributed by atoms with Crippen LogP contribution in [0.4, 0.5) is 4.39 Å². The maximum Gasteiger partial charge on any atom is 0.279 e. The van der Waals surface area contributed by atoms with E-state index >= 15 is 0 Å². The van der Waals surface area contributed by atoms with Gasteiger partial charge in [-0.25, -0.2) is 4.39 Å². The van der Waals surface area contributed by atoms with E-state index in [0.29, 0.717) is 12.5 Å². The van der Waals surface area contributed by atoms with Gasteiger partial charge in [0.15, 0.2) is 0 Å². The van der Waals surface area contributed by atoms with Gasteiger partial charge in [-0.05, 0) is 62.3 Å². The summed E-state index contributed by atoms with van der Waals surface area (Å²) in [4.78, 5) is 0. The van der Waals surface area contributed by atoms with Gasteiger partial charge in [0.25, 0.3) is 10.2 Å². The van der Waals surface area contributed by atoms with Crippen molar-refractivity contribution >= 4 is 10.2 Å². The van der Waals surface area contributed by atoms with Crippen molar-refractivity contribution in [1.29, 1.82) is 0 Å². The van der Waals surface area contributed by atoms with Crippen molar-refractivity contribution in [3.05, 3.63) is 35.6 Å². The lowest BCUT2D eigenvalue weighted by molar-refractivity contribution is -0.00413. The lowest BCUT2D eigenvalue weighted by Crippen LogP contribution is -2.53. The molecule has 0 bridgehead atoms. The molecule has 0 amide bonds. The van der Waals surface area contributed by atoms with Crippen LogP contribution in [0, 0.1) is 11.7 Å². The van der Waals surface area contributed by atoms with Gasteiger partial charge in [0.05, 0.1) is 12.7 Å². The topological polar surface area (TPSA) is 70.7 Å². The smallest absolute Gasteiger partial charge is 0.279 e. The van der Waals surface area contributed by atoms with Crippen molar-refractivity contribution in [3.8, 4) is 0 Å². The van der Waals surface area contributed by atoms with Gasteiger partial charge in [-0.15, -0.1) is 0 Å². The number of nitrogens with zero attached hydrogens (tertiary/aromatic N) is 1. The number of nitrogens with one attached hydrogen (secondary N) is 2. The number of hydrogen-bond acceptors (Lipinski definition) is 4. The van der Waals surface area contributed by atoms with E-state index in [4.69, 9.17) is 4.74 Å². The average Bonchev–Trinajstić information content (AvgIpc) is 2.67. The predicted molar refractivity (Wildman–Crippen MR) is 108 cm³/mol. The van der Waals surface area contributed by atoms with E-state index in [1.54, 1.807) is 12.1 Å². The van der Waals surface area contributed by atoms with Crippen LogP contribution in [0.5, 0.6) is 0 Å². The molecule has 2 fully saturated rings. The molecular formula is C20H32FN3O3S. The van der Waals surface area contributed by atoms with E-state index in [2.05, 4.69) is 10.0 Å². The molecule has 2 N–H and O–H groups in total. The van der Waals surface area contributed by atoms with E-state index in [-0.39, 0.29) is 23.9 Å². The van der Waals surface area contributed by atoms with Crippen LogP contribution in [0.15, 0.2) is 24.3 Å². The van der Waals surface area contributed by atoms with Gasteiger partial charge < -0.3 is 10.1 Å². The molecule has 1 aromatic rings. The Labute approximate surface area is 168 Å². The molecule has 1 aliphatic carbocycles. The highest BCUT2D eigenvalue weighted by molar-refractivity contribution is 7.87. The fourth-order valence-corrected chi connectivity index (χ4v) is 5.04. The Morgan fingerprint density at radius 3 is 2.64 bits per heavy atom. The third-order valence-corrected chi connectivity index (χ3v) is 7.49. The zero-order valence-corrected chi connectivity index (χ0v) is 17.6. The summed E-state index contributed by atoms with van der Waals surface area (Å²) in [6.45, 7) is 2.10. The van der Waals surface area contributed by atoms with Crippen molar-refractivity contribution in [1.82, 2.24) is 14.3 Å². The molecule has 1 heterocycles. The molecule has 2 atom stereocenters. The number of hydrogen-bond donors (Lipinski definition) is 2. The first-order valence-corrected chi connectivity index (χ1v) is 11.6. The fourth-order valence-electron chi connectivity index (χ4n) is 4.13. The molecule has 1 aromatic carbocycles. The minimum absolute atomic E-state index is 0.114. The summed E-state index contributed by atoms with van der Waals surface area (Å²) < 4.78 is 48.0. The summed E-state index contributed by atoms with van der Waals surface area (Å²) in [5, 5.41) is 3.34. The predicted octanol–water partition coefficient (Wildman–Crippen LogP) is 2.24. The van der Waals surface area contributed by atoms with Crippen molar-refractivity contribution < 1.29 is 17.5 Å². The van der Waals surface area contributed by atoms with E-state index < -0.39 is 10.2 Å². The summed E-state index contributed by atoms with van der Waals surface area (Å²) in [5.74, 6) is 0.336. The van der Waals surface area contributed by atoms with Crippen LogP contribution in [-0.2, 0) is 14.9 Å². The van der Waals surface area contributed by atoms with Crippen LogP contribution in [0.1, 0.15) is 43.6 Å². The second-order valence-corrected chi connectivity index (χ2v) is 10.0. The molecule has 0 radical (unpaired) electrons. The Hall–Kier alpha value is -1.06. The number of halogens is 1. The van der Waals surface area contributed by atoms with Crippen LogP contribution < -0.4 is 10.0 Å². The monoisotopic (exact) mass is 413 g/mol. The first kappa shape index (κ1) is 21.6. The summed E-state index contributed by atoms with van der Waals surface area (Å²) in [7, 11) is -0.379. The van der Waals surface area contributed by atoms with E-state index in [1.807, 2.05) is 6.07 Å². The van der Waals surface area contributed by atoms with Crippen LogP contribution in [0.3, 0.4) is 0 Å². The Morgan fingerprint density at radius 2 is 1.96 bits per heavy atom. The lowest BCUT2D eigenvalue weighted by atomic mass is 9.82. The van der Waals surface area contributed by atoms with Gasteiger partial charge in [-0.1, -0.05) is 12.1 Å². The van der Waals surface area contributed by atoms with Crippen LogP contribution >= 0.6 is 0 Å². The molecule has 6 nitrogen and oxygen atoms in total. The Morgan fingerprint density at radius 1 is 1.21 bits per heavy atom. The SMILES string of the molecule is CN(C)S(=O)(=O)NC1CCNCC1COC1CCC(c2cccc(F)c2)CC1. The molecule has 0 aromatic heterocycles. The van der Waals surface area contributed by atoms with Gasteiger partial charge in [0.1, 0.15) is 5.82 Å². The third kappa shape index (κ3) is 5.73. The summed E-state index contributed by atoms with van der Waals surface area (Å²) in [6, 6.07) is 6.79. The molecule has 0 spiro atoms. The molecule has 28 heavy (non-hydrogen) atoms. The van der Waals surface area contributed by atoms with Crippen LogP contribution in [0.2, 0.25) is 0 Å². The molecule has 2 aliphatic rings. The van der Waals surface area contributed by atoms with Crippen molar-refractivity contribution in [2.24, 2.45) is 5.92 Å². The van der Waals surface area contributed by atoms with E-state index in [9.17, 15) is 12.8 Å². The number of rotatable bonds is 7. The standard InChI is InChI=1S/C20H32FN3O3S/c1-24(2)28(25,26)23-20-10-11-22-13-17(20)14-27-19-8-6-15(7-9-19)16-4-3-5-18(21)12-16/h3-5,12,15,17,19-20,22-23H,6-11,13-14H2,1-2H3.